The Morgan fingerprint density at radius 2 is 1.66 bits per heavy atom. The Kier molecular flexibility index (Phi) is 7.35. The SMILES string of the molecule is CN(C)CCCN(C(=O)c1ccc(Cc2ccccc2)cc1)c1nc2ccc(Br)cc2s1. The second-order valence-electron chi connectivity index (χ2n) is 8.08. The van der Waals surface area contributed by atoms with Crippen molar-refractivity contribution in [3.63, 3.8) is 0 Å². The molecule has 0 spiro atoms. The highest BCUT2D eigenvalue weighted by Crippen LogP contribution is 2.32. The summed E-state index contributed by atoms with van der Waals surface area (Å²) in [6.07, 6.45) is 1.74. The average molecular weight is 508 g/mol. The number of hydrogen-bond donors (Lipinski definition) is 0. The maximum Gasteiger partial charge on any atom is 0.260 e. The van der Waals surface area contributed by atoms with Crippen LogP contribution in [-0.2, 0) is 6.42 Å². The number of fused-ring (bicyclic) bond motifs is 1. The van der Waals surface area contributed by atoms with Gasteiger partial charge in [0.25, 0.3) is 5.91 Å². The van der Waals surface area contributed by atoms with Gasteiger partial charge in [-0.2, -0.15) is 0 Å². The van der Waals surface area contributed by atoms with E-state index in [4.69, 9.17) is 4.98 Å². The monoisotopic (exact) mass is 507 g/mol. The summed E-state index contributed by atoms with van der Waals surface area (Å²) in [5, 5.41) is 0.746. The number of rotatable bonds is 8. The topological polar surface area (TPSA) is 36.4 Å². The first-order chi connectivity index (χ1) is 15.5. The lowest BCUT2D eigenvalue weighted by atomic mass is 10.0. The van der Waals surface area contributed by atoms with Crippen LogP contribution in [0.3, 0.4) is 0 Å². The molecule has 1 heterocycles. The predicted octanol–water partition coefficient (Wildman–Crippen LogP) is 6.25. The minimum atomic E-state index is -0.00635. The van der Waals surface area contributed by atoms with E-state index in [2.05, 4.69) is 51.2 Å². The number of aromatic nitrogens is 1. The van der Waals surface area contributed by atoms with Crippen molar-refractivity contribution >= 4 is 48.5 Å². The zero-order chi connectivity index (χ0) is 22.5. The number of benzene rings is 3. The third-order valence-corrected chi connectivity index (χ3v) is 6.79. The van der Waals surface area contributed by atoms with E-state index in [0.29, 0.717) is 12.1 Å². The van der Waals surface area contributed by atoms with E-state index < -0.39 is 0 Å². The standard InChI is InChI=1S/C26H26BrN3OS/c1-29(2)15-6-16-30(26-28-23-14-13-22(27)18-24(23)32-26)25(31)21-11-9-20(10-12-21)17-19-7-4-3-5-8-19/h3-5,7-14,18H,6,15-17H2,1-2H3. The molecular weight excluding hydrogens is 482 g/mol. The molecule has 6 heteroatoms. The maximum atomic E-state index is 13.5. The summed E-state index contributed by atoms with van der Waals surface area (Å²) in [6.45, 7) is 1.54. The number of amides is 1. The molecule has 32 heavy (non-hydrogen) atoms. The van der Waals surface area contributed by atoms with E-state index in [0.717, 1.165) is 39.2 Å². The minimum absolute atomic E-state index is 0.00635. The molecule has 164 valence electrons. The highest BCUT2D eigenvalue weighted by Gasteiger charge is 2.21. The van der Waals surface area contributed by atoms with Crippen molar-refractivity contribution in [2.45, 2.75) is 12.8 Å². The first-order valence-electron chi connectivity index (χ1n) is 10.6. The van der Waals surface area contributed by atoms with Crippen molar-refractivity contribution in [1.29, 1.82) is 0 Å². The Hall–Kier alpha value is -2.54. The van der Waals surface area contributed by atoms with Crippen LogP contribution >= 0.6 is 27.3 Å². The van der Waals surface area contributed by atoms with Crippen LogP contribution in [0.5, 0.6) is 0 Å². The Labute approximate surface area is 201 Å². The summed E-state index contributed by atoms with van der Waals surface area (Å²) in [4.78, 5) is 22.2. The van der Waals surface area contributed by atoms with E-state index in [-0.39, 0.29) is 5.91 Å². The summed E-state index contributed by atoms with van der Waals surface area (Å²) >= 11 is 5.08. The van der Waals surface area contributed by atoms with Crippen molar-refractivity contribution in [2.24, 2.45) is 0 Å². The largest absolute Gasteiger partial charge is 0.309 e. The third kappa shape index (κ3) is 5.63. The molecular formula is C26H26BrN3OS. The van der Waals surface area contributed by atoms with Crippen LogP contribution in [0.4, 0.5) is 5.13 Å². The molecule has 0 saturated carbocycles. The Morgan fingerprint density at radius 1 is 0.938 bits per heavy atom. The van der Waals surface area contributed by atoms with Gasteiger partial charge in [-0.15, -0.1) is 0 Å². The fourth-order valence-electron chi connectivity index (χ4n) is 3.58. The number of carbonyl (C=O) groups excluding carboxylic acids is 1. The number of halogens is 1. The van der Waals surface area contributed by atoms with Gasteiger partial charge in [0, 0.05) is 16.6 Å². The van der Waals surface area contributed by atoms with Crippen molar-refractivity contribution in [1.82, 2.24) is 9.88 Å². The zero-order valence-corrected chi connectivity index (χ0v) is 20.7. The first kappa shape index (κ1) is 22.6. The fourth-order valence-corrected chi connectivity index (χ4v) is 5.13. The van der Waals surface area contributed by atoms with Crippen LogP contribution in [0, 0.1) is 0 Å². The van der Waals surface area contributed by atoms with E-state index in [1.807, 2.05) is 61.5 Å². The van der Waals surface area contributed by atoms with Crippen LogP contribution in [0.2, 0.25) is 0 Å². The molecule has 4 aromatic rings. The molecule has 0 aliphatic carbocycles. The minimum Gasteiger partial charge on any atom is -0.309 e. The van der Waals surface area contributed by atoms with Crippen molar-refractivity contribution in [3.8, 4) is 0 Å². The van der Waals surface area contributed by atoms with E-state index in [1.165, 1.54) is 11.1 Å². The number of nitrogens with zero attached hydrogens (tertiary/aromatic N) is 3. The van der Waals surface area contributed by atoms with Crippen LogP contribution in [0.1, 0.15) is 27.9 Å². The van der Waals surface area contributed by atoms with Gasteiger partial charge in [0.05, 0.1) is 10.2 Å². The molecule has 0 saturated heterocycles. The molecule has 0 bridgehead atoms. The summed E-state index contributed by atoms with van der Waals surface area (Å²) in [7, 11) is 4.10. The quantitative estimate of drug-likeness (QED) is 0.282. The maximum absolute atomic E-state index is 13.5. The van der Waals surface area contributed by atoms with Gasteiger partial charge in [0.15, 0.2) is 5.13 Å². The molecule has 0 unspecified atom stereocenters. The highest BCUT2D eigenvalue weighted by molar-refractivity contribution is 9.10. The van der Waals surface area contributed by atoms with Gasteiger partial charge in [0.2, 0.25) is 0 Å². The second kappa shape index (κ2) is 10.4. The third-order valence-electron chi connectivity index (χ3n) is 5.25. The van der Waals surface area contributed by atoms with Gasteiger partial charge in [-0.1, -0.05) is 69.7 Å². The van der Waals surface area contributed by atoms with Crippen LogP contribution in [0.25, 0.3) is 10.2 Å². The smallest absolute Gasteiger partial charge is 0.260 e. The van der Waals surface area contributed by atoms with E-state index in [9.17, 15) is 4.79 Å². The molecule has 0 atom stereocenters. The fraction of sp³-hybridized carbons (Fsp3) is 0.231. The average Bonchev–Trinajstić information content (AvgIpc) is 3.20. The van der Waals surface area contributed by atoms with Gasteiger partial charge in [-0.3, -0.25) is 9.69 Å². The van der Waals surface area contributed by atoms with Crippen LogP contribution in [-0.4, -0.2) is 43.0 Å². The zero-order valence-electron chi connectivity index (χ0n) is 18.3. The van der Waals surface area contributed by atoms with Crippen LogP contribution in [0.15, 0.2) is 77.3 Å². The van der Waals surface area contributed by atoms with Gasteiger partial charge >= 0.3 is 0 Å². The van der Waals surface area contributed by atoms with Gasteiger partial charge in [-0.05, 0) is 74.9 Å². The van der Waals surface area contributed by atoms with Gasteiger partial charge in [-0.25, -0.2) is 4.98 Å². The Morgan fingerprint density at radius 3 is 2.38 bits per heavy atom. The van der Waals surface area contributed by atoms with Gasteiger partial charge in [0.1, 0.15) is 0 Å². The molecule has 1 aromatic heterocycles. The molecule has 0 radical (unpaired) electrons. The summed E-state index contributed by atoms with van der Waals surface area (Å²) in [5.41, 5.74) is 4.05. The molecule has 0 fully saturated rings. The van der Waals surface area contributed by atoms with Gasteiger partial charge < -0.3 is 4.90 Å². The summed E-state index contributed by atoms with van der Waals surface area (Å²) in [6, 6.07) is 24.4. The number of anilines is 1. The molecule has 3 aromatic carbocycles. The summed E-state index contributed by atoms with van der Waals surface area (Å²) < 4.78 is 2.08. The molecule has 0 aliphatic heterocycles. The lowest BCUT2D eigenvalue weighted by Gasteiger charge is -2.21. The number of hydrogen-bond acceptors (Lipinski definition) is 4. The lowest BCUT2D eigenvalue weighted by molar-refractivity contribution is 0.0986. The predicted molar refractivity (Wildman–Crippen MR) is 138 cm³/mol. The lowest BCUT2D eigenvalue weighted by Crippen LogP contribution is -2.33. The molecule has 0 N–H and O–H groups in total. The highest BCUT2D eigenvalue weighted by atomic mass is 79.9. The summed E-state index contributed by atoms with van der Waals surface area (Å²) in [5.74, 6) is -0.00635. The molecule has 0 aliphatic rings. The molecule has 4 nitrogen and oxygen atoms in total. The number of thiazole rings is 1. The first-order valence-corrected chi connectivity index (χ1v) is 12.3. The number of carbonyl (C=O) groups is 1. The Bertz CT molecular complexity index is 1190. The van der Waals surface area contributed by atoms with Crippen molar-refractivity contribution in [2.75, 3.05) is 32.1 Å². The van der Waals surface area contributed by atoms with E-state index >= 15 is 0 Å². The normalized spacial score (nSPS) is 11.2. The van der Waals surface area contributed by atoms with Crippen molar-refractivity contribution in [3.05, 3.63) is 94.0 Å². The molecule has 1 amide bonds. The van der Waals surface area contributed by atoms with Crippen molar-refractivity contribution < 1.29 is 4.79 Å². The van der Waals surface area contributed by atoms with E-state index in [1.54, 1.807) is 11.3 Å². The Balaban J connectivity index is 1.57. The van der Waals surface area contributed by atoms with Crippen LogP contribution < -0.4 is 4.90 Å². The molecule has 4 rings (SSSR count). The second-order valence-corrected chi connectivity index (χ2v) is 10.0.